The fraction of sp³-hybridized carbons (Fsp3) is 0.600. The first-order chi connectivity index (χ1) is 10.5. The highest BCUT2D eigenvalue weighted by Crippen LogP contribution is 2.31. The summed E-state index contributed by atoms with van der Waals surface area (Å²) < 4.78 is 27.0. The Labute approximate surface area is 131 Å². The lowest BCUT2D eigenvalue weighted by Gasteiger charge is -2.35. The smallest absolute Gasteiger partial charge is 0.244 e. The fourth-order valence-corrected chi connectivity index (χ4v) is 4.87. The predicted octanol–water partition coefficient (Wildman–Crippen LogP) is 1.10. The minimum atomic E-state index is -3.58. The van der Waals surface area contributed by atoms with E-state index in [2.05, 4.69) is 4.98 Å². The number of nitrogens with zero attached hydrogens (tertiary/aromatic N) is 3. The predicted molar refractivity (Wildman–Crippen MR) is 81.5 cm³/mol. The van der Waals surface area contributed by atoms with Crippen LogP contribution in [0.4, 0.5) is 0 Å². The van der Waals surface area contributed by atoms with Crippen molar-refractivity contribution in [1.82, 2.24) is 14.2 Å². The van der Waals surface area contributed by atoms with Gasteiger partial charge < -0.3 is 4.90 Å². The van der Waals surface area contributed by atoms with E-state index in [1.807, 2.05) is 11.8 Å². The Morgan fingerprint density at radius 3 is 2.82 bits per heavy atom. The molecule has 4 rings (SSSR count). The van der Waals surface area contributed by atoms with Gasteiger partial charge in [0.15, 0.2) is 0 Å². The van der Waals surface area contributed by atoms with Crippen LogP contribution in [0.1, 0.15) is 26.2 Å². The molecule has 0 saturated carbocycles. The zero-order valence-electron chi connectivity index (χ0n) is 12.7. The van der Waals surface area contributed by atoms with E-state index in [0.29, 0.717) is 13.1 Å². The van der Waals surface area contributed by atoms with Crippen molar-refractivity contribution in [3.05, 3.63) is 24.5 Å². The van der Waals surface area contributed by atoms with Crippen LogP contribution in [0.3, 0.4) is 0 Å². The molecular weight excluding hydrogens is 302 g/mol. The number of pyridine rings is 1. The molecule has 0 unspecified atom stereocenters. The SMILES string of the molecule is CCCN1C(=O)[C@@H]2CC[C@H]1CN(S(=O)(=O)c1cccnc1)C2. The highest BCUT2D eigenvalue weighted by atomic mass is 32.2. The molecule has 2 atom stereocenters. The van der Waals surface area contributed by atoms with Gasteiger partial charge in [0.1, 0.15) is 4.90 Å². The van der Waals surface area contributed by atoms with Crippen LogP contribution in [0, 0.1) is 5.92 Å². The second kappa shape index (κ2) is 5.96. The van der Waals surface area contributed by atoms with E-state index >= 15 is 0 Å². The number of aromatic nitrogens is 1. The van der Waals surface area contributed by atoms with Crippen LogP contribution in [0.15, 0.2) is 29.4 Å². The van der Waals surface area contributed by atoms with E-state index in [4.69, 9.17) is 0 Å². The molecule has 120 valence electrons. The van der Waals surface area contributed by atoms with E-state index in [1.54, 1.807) is 18.3 Å². The number of carbonyl (C=O) groups excluding carboxylic acids is 1. The molecule has 4 heterocycles. The first-order valence-corrected chi connectivity index (χ1v) is 9.18. The van der Waals surface area contributed by atoms with Gasteiger partial charge in [0.25, 0.3) is 0 Å². The lowest BCUT2D eigenvalue weighted by Crippen LogP contribution is -2.48. The summed E-state index contributed by atoms with van der Waals surface area (Å²) in [7, 11) is -3.58. The van der Waals surface area contributed by atoms with Crippen molar-refractivity contribution in [2.75, 3.05) is 19.6 Å². The molecule has 0 aliphatic carbocycles. The summed E-state index contributed by atoms with van der Waals surface area (Å²) in [6, 6.07) is 3.17. The molecule has 22 heavy (non-hydrogen) atoms. The van der Waals surface area contributed by atoms with Gasteiger partial charge in [-0.15, -0.1) is 0 Å². The summed E-state index contributed by atoms with van der Waals surface area (Å²) in [6.45, 7) is 3.42. The molecule has 1 aromatic heterocycles. The Bertz CT molecular complexity index is 647. The number of rotatable bonds is 4. The number of amides is 1. The molecule has 0 N–H and O–H groups in total. The van der Waals surface area contributed by atoms with Crippen LogP contribution in [0.5, 0.6) is 0 Å². The largest absolute Gasteiger partial charge is 0.338 e. The Kier molecular flexibility index (Phi) is 4.18. The Morgan fingerprint density at radius 1 is 1.32 bits per heavy atom. The van der Waals surface area contributed by atoms with Gasteiger partial charge in [-0.1, -0.05) is 6.92 Å². The van der Waals surface area contributed by atoms with Crippen LogP contribution in [0.2, 0.25) is 0 Å². The third-order valence-corrected chi connectivity index (χ3v) is 6.31. The molecular formula is C15H21N3O3S. The minimum Gasteiger partial charge on any atom is -0.338 e. The van der Waals surface area contributed by atoms with E-state index in [9.17, 15) is 13.2 Å². The van der Waals surface area contributed by atoms with Gasteiger partial charge in [-0.2, -0.15) is 4.31 Å². The van der Waals surface area contributed by atoms with Crippen molar-refractivity contribution in [2.45, 2.75) is 37.1 Å². The second-order valence-corrected chi connectivity index (χ2v) is 7.91. The van der Waals surface area contributed by atoms with Crippen LogP contribution in [-0.2, 0) is 14.8 Å². The van der Waals surface area contributed by atoms with E-state index in [-0.39, 0.29) is 29.3 Å². The van der Waals surface area contributed by atoms with Gasteiger partial charge in [0.05, 0.1) is 5.92 Å². The summed E-state index contributed by atoms with van der Waals surface area (Å²) in [6.07, 6.45) is 5.48. The summed E-state index contributed by atoms with van der Waals surface area (Å²) in [4.78, 5) is 18.5. The lowest BCUT2D eigenvalue weighted by molar-refractivity contribution is -0.139. The van der Waals surface area contributed by atoms with Crippen LogP contribution in [-0.4, -0.2) is 54.2 Å². The third kappa shape index (κ3) is 2.63. The molecule has 3 aliphatic rings. The summed E-state index contributed by atoms with van der Waals surface area (Å²) in [5.74, 6) is -0.0984. The molecule has 3 fully saturated rings. The number of fused-ring (bicyclic) bond motifs is 4. The number of piperidine rings is 1. The highest BCUT2D eigenvalue weighted by molar-refractivity contribution is 7.89. The number of hydrogen-bond donors (Lipinski definition) is 0. The van der Waals surface area contributed by atoms with Crippen molar-refractivity contribution >= 4 is 15.9 Å². The van der Waals surface area contributed by atoms with Gasteiger partial charge >= 0.3 is 0 Å². The standard InChI is InChI=1S/C15H21N3O3S/c1-2-8-18-13-6-5-12(15(18)19)10-17(11-13)22(20,21)14-4-3-7-16-9-14/h3-4,7,9,12-13H,2,5-6,8,10-11H2,1H3/t12-,13+/m1/s1. The molecule has 3 saturated heterocycles. The van der Waals surface area contributed by atoms with Gasteiger partial charge in [-0.05, 0) is 31.4 Å². The van der Waals surface area contributed by atoms with Crippen molar-refractivity contribution in [2.24, 2.45) is 5.92 Å². The maximum Gasteiger partial charge on any atom is 0.244 e. The third-order valence-electron chi connectivity index (χ3n) is 4.50. The summed E-state index contributed by atoms with van der Waals surface area (Å²) in [5.41, 5.74) is 0. The average Bonchev–Trinajstić information content (AvgIpc) is 2.82. The van der Waals surface area contributed by atoms with E-state index in [1.165, 1.54) is 10.5 Å². The van der Waals surface area contributed by atoms with Crippen molar-refractivity contribution in [1.29, 1.82) is 0 Å². The Balaban J connectivity index is 1.90. The topological polar surface area (TPSA) is 70.6 Å². The quantitative estimate of drug-likeness (QED) is 0.832. The van der Waals surface area contributed by atoms with Gasteiger partial charge in [-0.25, -0.2) is 8.42 Å². The molecule has 1 amide bonds. The average molecular weight is 323 g/mol. The van der Waals surface area contributed by atoms with Crippen molar-refractivity contribution < 1.29 is 13.2 Å². The lowest BCUT2D eigenvalue weighted by atomic mass is 9.94. The molecule has 2 bridgehead atoms. The number of carbonyl (C=O) groups is 1. The maximum atomic E-state index is 12.8. The first-order valence-electron chi connectivity index (χ1n) is 7.74. The van der Waals surface area contributed by atoms with E-state index < -0.39 is 10.0 Å². The highest BCUT2D eigenvalue weighted by Gasteiger charge is 2.43. The first kappa shape index (κ1) is 15.4. The van der Waals surface area contributed by atoms with Crippen molar-refractivity contribution in [3.8, 4) is 0 Å². The molecule has 1 aromatic rings. The number of sulfonamides is 1. The normalized spacial score (nSPS) is 26.2. The molecule has 7 heteroatoms. The summed E-state index contributed by atoms with van der Waals surface area (Å²) >= 11 is 0. The Morgan fingerprint density at radius 2 is 2.14 bits per heavy atom. The minimum absolute atomic E-state index is 0.00218. The van der Waals surface area contributed by atoms with Gasteiger partial charge in [0.2, 0.25) is 15.9 Å². The molecule has 3 aliphatic heterocycles. The van der Waals surface area contributed by atoms with Crippen LogP contribution < -0.4 is 0 Å². The van der Waals surface area contributed by atoms with Crippen LogP contribution in [0.25, 0.3) is 0 Å². The zero-order chi connectivity index (χ0) is 15.7. The monoisotopic (exact) mass is 323 g/mol. The summed E-state index contributed by atoms with van der Waals surface area (Å²) in [5, 5.41) is 0. The Hall–Kier alpha value is -1.47. The van der Waals surface area contributed by atoms with Crippen LogP contribution >= 0.6 is 0 Å². The fourth-order valence-electron chi connectivity index (χ4n) is 3.38. The number of hydrogen-bond acceptors (Lipinski definition) is 4. The molecule has 0 aromatic carbocycles. The molecule has 6 nitrogen and oxygen atoms in total. The van der Waals surface area contributed by atoms with Gasteiger partial charge in [-0.3, -0.25) is 9.78 Å². The molecule has 0 spiro atoms. The zero-order valence-corrected chi connectivity index (χ0v) is 13.5. The molecule has 0 radical (unpaired) electrons. The maximum absolute atomic E-state index is 12.8. The second-order valence-electron chi connectivity index (χ2n) is 5.97. The van der Waals surface area contributed by atoms with Gasteiger partial charge in [0, 0.05) is 38.1 Å². The van der Waals surface area contributed by atoms with E-state index in [0.717, 1.165) is 19.3 Å². The van der Waals surface area contributed by atoms with Crippen molar-refractivity contribution in [3.63, 3.8) is 0 Å².